The number of ether oxygens (including phenoxy) is 1. The fourth-order valence-corrected chi connectivity index (χ4v) is 2.21. The van der Waals surface area contributed by atoms with E-state index in [1.54, 1.807) is 7.11 Å². The summed E-state index contributed by atoms with van der Waals surface area (Å²) in [6, 6.07) is 9.46. The van der Waals surface area contributed by atoms with Crippen molar-refractivity contribution in [3.63, 3.8) is 0 Å². The summed E-state index contributed by atoms with van der Waals surface area (Å²) in [6.45, 7) is 0. The molecule has 1 aromatic heterocycles. The first-order chi connectivity index (χ1) is 7.81. The van der Waals surface area contributed by atoms with Crippen molar-refractivity contribution < 1.29 is 9.53 Å². The Bertz CT molecular complexity index is 474. The first kappa shape index (κ1) is 10.9. The molecule has 0 N–H and O–H groups in total. The maximum absolute atomic E-state index is 11.9. The predicted octanol–water partition coefficient (Wildman–Crippen LogP) is 3.18. The number of carbonyl (C=O) groups excluding carboxylic acids is 1. The number of hydrogen-bond donors (Lipinski definition) is 0. The van der Waals surface area contributed by atoms with Gasteiger partial charge in [-0.2, -0.15) is 11.3 Å². The van der Waals surface area contributed by atoms with E-state index in [0.29, 0.717) is 6.42 Å². The molecular weight excluding hydrogens is 220 g/mol. The van der Waals surface area contributed by atoms with Crippen LogP contribution in [-0.2, 0) is 6.42 Å². The summed E-state index contributed by atoms with van der Waals surface area (Å²) in [6.07, 6.45) is 0.390. The van der Waals surface area contributed by atoms with E-state index in [4.69, 9.17) is 4.74 Å². The lowest BCUT2D eigenvalue weighted by Gasteiger charge is -2.06. The van der Waals surface area contributed by atoms with Crippen LogP contribution >= 0.6 is 11.3 Å². The Labute approximate surface area is 98.5 Å². The molecule has 0 unspecified atom stereocenters. The average Bonchev–Trinajstić information content (AvgIpc) is 2.83. The van der Waals surface area contributed by atoms with Crippen LogP contribution in [0.2, 0.25) is 0 Å². The zero-order valence-electron chi connectivity index (χ0n) is 8.97. The van der Waals surface area contributed by atoms with Gasteiger partial charge >= 0.3 is 0 Å². The van der Waals surface area contributed by atoms with E-state index in [-0.39, 0.29) is 5.78 Å². The number of para-hydroxylation sites is 1. The van der Waals surface area contributed by atoms with Gasteiger partial charge in [0, 0.05) is 22.9 Å². The highest BCUT2D eigenvalue weighted by Gasteiger charge is 2.10. The smallest absolute Gasteiger partial charge is 0.168 e. The van der Waals surface area contributed by atoms with Gasteiger partial charge in [0.15, 0.2) is 5.78 Å². The van der Waals surface area contributed by atoms with Crippen LogP contribution in [0.5, 0.6) is 5.75 Å². The number of carbonyl (C=O) groups is 1. The maximum atomic E-state index is 11.9. The number of thiophene rings is 1. The van der Waals surface area contributed by atoms with Crippen molar-refractivity contribution in [1.29, 1.82) is 0 Å². The van der Waals surface area contributed by atoms with Crippen molar-refractivity contribution in [1.82, 2.24) is 0 Å². The van der Waals surface area contributed by atoms with Crippen LogP contribution in [0.4, 0.5) is 0 Å². The molecule has 0 saturated carbocycles. The lowest BCUT2D eigenvalue weighted by Crippen LogP contribution is -2.03. The second kappa shape index (κ2) is 4.94. The minimum atomic E-state index is 0.130. The second-order valence-corrected chi connectivity index (χ2v) is 4.20. The van der Waals surface area contributed by atoms with Crippen LogP contribution in [0, 0.1) is 0 Å². The molecule has 2 nitrogen and oxygen atoms in total. The van der Waals surface area contributed by atoms with Crippen LogP contribution in [0.15, 0.2) is 41.1 Å². The summed E-state index contributed by atoms with van der Waals surface area (Å²) in [5.41, 5.74) is 1.71. The van der Waals surface area contributed by atoms with E-state index in [1.807, 2.05) is 41.1 Å². The van der Waals surface area contributed by atoms with Gasteiger partial charge < -0.3 is 4.74 Å². The zero-order valence-corrected chi connectivity index (χ0v) is 9.79. The summed E-state index contributed by atoms with van der Waals surface area (Å²) < 4.78 is 5.21. The van der Waals surface area contributed by atoms with Gasteiger partial charge in [0.25, 0.3) is 0 Å². The molecule has 0 radical (unpaired) electrons. The molecule has 1 aromatic carbocycles. The Kier molecular flexibility index (Phi) is 3.37. The quantitative estimate of drug-likeness (QED) is 0.757. The molecule has 0 amide bonds. The van der Waals surface area contributed by atoms with Crippen molar-refractivity contribution in [2.75, 3.05) is 7.11 Å². The Hall–Kier alpha value is -1.61. The number of ketones is 1. The molecule has 2 aromatic rings. The summed E-state index contributed by atoms with van der Waals surface area (Å²) >= 11 is 1.54. The topological polar surface area (TPSA) is 26.3 Å². The number of methoxy groups -OCH3 is 1. The van der Waals surface area contributed by atoms with Gasteiger partial charge in [-0.1, -0.05) is 18.2 Å². The molecule has 3 heteroatoms. The lowest BCUT2D eigenvalue weighted by molar-refractivity contribution is 0.0992. The maximum Gasteiger partial charge on any atom is 0.168 e. The molecule has 82 valence electrons. The highest BCUT2D eigenvalue weighted by atomic mass is 32.1. The summed E-state index contributed by atoms with van der Waals surface area (Å²) in [5.74, 6) is 0.900. The van der Waals surface area contributed by atoms with Crippen LogP contribution in [0.25, 0.3) is 0 Å². The molecule has 0 aliphatic heterocycles. The third kappa shape index (κ3) is 2.31. The number of benzene rings is 1. The number of hydrogen-bond acceptors (Lipinski definition) is 3. The molecule has 16 heavy (non-hydrogen) atoms. The van der Waals surface area contributed by atoms with Gasteiger partial charge in [-0.3, -0.25) is 4.79 Å². The largest absolute Gasteiger partial charge is 0.496 e. The molecular formula is C13H12O2S. The minimum Gasteiger partial charge on any atom is -0.496 e. The van der Waals surface area contributed by atoms with Gasteiger partial charge in [0.1, 0.15) is 5.75 Å². The van der Waals surface area contributed by atoms with Crippen molar-refractivity contribution in [3.05, 3.63) is 52.2 Å². The highest BCUT2D eigenvalue weighted by Crippen LogP contribution is 2.20. The third-order valence-corrected chi connectivity index (χ3v) is 3.07. The third-order valence-electron chi connectivity index (χ3n) is 2.39. The van der Waals surface area contributed by atoms with Crippen molar-refractivity contribution in [2.45, 2.75) is 6.42 Å². The average molecular weight is 232 g/mol. The summed E-state index contributed by atoms with van der Waals surface area (Å²) in [4.78, 5) is 11.9. The van der Waals surface area contributed by atoms with E-state index in [1.165, 1.54) is 11.3 Å². The van der Waals surface area contributed by atoms with Crippen molar-refractivity contribution in [3.8, 4) is 5.75 Å². The Morgan fingerprint density at radius 1 is 1.31 bits per heavy atom. The van der Waals surface area contributed by atoms with E-state index in [2.05, 4.69) is 0 Å². The fraction of sp³-hybridized carbons (Fsp3) is 0.154. The molecule has 2 rings (SSSR count). The molecule has 0 saturated heterocycles. The van der Waals surface area contributed by atoms with E-state index in [9.17, 15) is 4.79 Å². The Morgan fingerprint density at radius 2 is 2.12 bits per heavy atom. The Balaban J connectivity index is 2.18. The first-order valence-corrected chi connectivity index (χ1v) is 5.93. The molecule has 0 spiro atoms. The van der Waals surface area contributed by atoms with Crippen LogP contribution < -0.4 is 4.74 Å². The van der Waals surface area contributed by atoms with Crippen LogP contribution in [-0.4, -0.2) is 12.9 Å². The fourth-order valence-electron chi connectivity index (χ4n) is 1.55. The van der Waals surface area contributed by atoms with Crippen molar-refractivity contribution in [2.24, 2.45) is 0 Å². The molecule has 0 aliphatic carbocycles. The summed E-state index contributed by atoms with van der Waals surface area (Å²) in [5, 5.41) is 3.78. The molecule has 0 aliphatic rings. The minimum absolute atomic E-state index is 0.130. The number of rotatable bonds is 4. The van der Waals surface area contributed by atoms with Crippen LogP contribution in [0.3, 0.4) is 0 Å². The van der Waals surface area contributed by atoms with E-state index in [0.717, 1.165) is 16.9 Å². The van der Waals surface area contributed by atoms with E-state index >= 15 is 0 Å². The van der Waals surface area contributed by atoms with Gasteiger partial charge in [-0.15, -0.1) is 0 Å². The number of Topliss-reactive ketones (excluding diaryl/α,β-unsaturated/α-hetero) is 1. The Morgan fingerprint density at radius 3 is 2.81 bits per heavy atom. The van der Waals surface area contributed by atoms with E-state index < -0.39 is 0 Å². The standard InChI is InChI=1S/C13H12O2S/c1-15-13-5-3-2-4-10(13)8-12(14)11-6-7-16-9-11/h2-7,9H,8H2,1H3. The van der Waals surface area contributed by atoms with Gasteiger partial charge in [0.2, 0.25) is 0 Å². The SMILES string of the molecule is COc1ccccc1CC(=O)c1ccsc1. The molecule has 0 fully saturated rings. The summed E-state index contributed by atoms with van der Waals surface area (Å²) in [7, 11) is 1.62. The van der Waals surface area contributed by atoms with Gasteiger partial charge in [-0.25, -0.2) is 0 Å². The highest BCUT2D eigenvalue weighted by molar-refractivity contribution is 7.08. The monoisotopic (exact) mass is 232 g/mol. The molecule has 0 atom stereocenters. The van der Waals surface area contributed by atoms with Crippen LogP contribution in [0.1, 0.15) is 15.9 Å². The normalized spacial score (nSPS) is 10.1. The first-order valence-electron chi connectivity index (χ1n) is 4.98. The molecule has 0 bridgehead atoms. The van der Waals surface area contributed by atoms with Crippen molar-refractivity contribution >= 4 is 17.1 Å². The molecule has 1 heterocycles. The van der Waals surface area contributed by atoms with Gasteiger partial charge in [-0.05, 0) is 17.5 Å². The van der Waals surface area contributed by atoms with Gasteiger partial charge in [0.05, 0.1) is 7.11 Å². The lowest BCUT2D eigenvalue weighted by atomic mass is 10.0. The second-order valence-electron chi connectivity index (χ2n) is 3.42. The predicted molar refractivity (Wildman–Crippen MR) is 65.3 cm³/mol. The zero-order chi connectivity index (χ0) is 11.4.